The van der Waals surface area contributed by atoms with Gasteiger partial charge < -0.3 is 15.0 Å². The number of benzene rings is 2. The fraction of sp³-hybridized carbons (Fsp3) is 0.0500. The van der Waals surface area contributed by atoms with E-state index in [-0.39, 0.29) is 5.91 Å². The number of hydrogen-bond donors (Lipinski definition) is 2. The number of pyridine rings is 1. The summed E-state index contributed by atoms with van der Waals surface area (Å²) in [5, 5.41) is 2.88. The maximum atomic E-state index is 12.6. The van der Waals surface area contributed by atoms with Crippen molar-refractivity contribution in [2.24, 2.45) is 0 Å². The normalized spacial score (nSPS) is 10.7. The number of amides is 1. The number of carbonyl (C=O) groups is 1. The molecule has 2 heterocycles. The van der Waals surface area contributed by atoms with Crippen LogP contribution in [-0.4, -0.2) is 28.0 Å². The molecule has 6 nitrogen and oxygen atoms in total. The van der Waals surface area contributed by atoms with Gasteiger partial charge in [-0.15, -0.1) is 0 Å². The second kappa shape index (κ2) is 7.20. The molecule has 2 aromatic carbocycles. The maximum absolute atomic E-state index is 12.6. The van der Waals surface area contributed by atoms with Crippen molar-refractivity contribution >= 4 is 38.6 Å². The number of hydrogen-bond acceptors (Lipinski definition) is 4. The van der Waals surface area contributed by atoms with Crippen LogP contribution in [0.25, 0.3) is 22.4 Å². The van der Waals surface area contributed by atoms with Gasteiger partial charge in [0.15, 0.2) is 0 Å². The largest absolute Gasteiger partial charge is 0.495 e. The van der Waals surface area contributed by atoms with Gasteiger partial charge in [-0.25, -0.2) is 4.98 Å². The van der Waals surface area contributed by atoms with Gasteiger partial charge in [-0.1, -0.05) is 12.1 Å². The first-order valence-electron chi connectivity index (χ1n) is 8.19. The van der Waals surface area contributed by atoms with Gasteiger partial charge in [0.25, 0.3) is 5.91 Å². The van der Waals surface area contributed by atoms with Gasteiger partial charge in [0.05, 0.1) is 29.4 Å². The number of nitrogens with one attached hydrogen (secondary N) is 2. The second-order valence-electron chi connectivity index (χ2n) is 5.86. The van der Waals surface area contributed by atoms with Crippen LogP contribution in [0.2, 0.25) is 0 Å². The molecular weight excluding hydrogens is 408 g/mol. The average molecular weight is 423 g/mol. The van der Waals surface area contributed by atoms with Gasteiger partial charge in [0.1, 0.15) is 11.6 Å². The van der Waals surface area contributed by atoms with Crippen molar-refractivity contribution in [3.63, 3.8) is 0 Å². The van der Waals surface area contributed by atoms with Crippen LogP contribution in [0.1, 0.15) is 10.4 Å². The van der Waals surface area contributed by atoms with Gasteiger partial charge in [-0.3, -0.25) is 9.78 Å². The lowest BCUT2D eigenvalue weighted by Crippen LogP contribution is -2.13. The lowest BCUT2D eigenvalue weighted by atomic mass is 10.1. The summed E-state index contributed by atoms with van der Waals surface area (Å²) in [6, 6.07) is 15.1. The molecule has 4 rings (SSSR count). The Morgan fingerprint density at radius 1 is 1.15 bits per heavy atom. The Kier molecular flexibility index (Phi) is 4.60. The van der Waals surface area contributed by atoms with Crippen molar-refractivity contribution in [2.45, 2.75) is 0 Å². The first-order chi connectivity index (χ1) is 13.1. The highest BCUT2D eigenvalue weighted by Crippen LogP contribution is 2.31. The third-order valence-corrected chi connectivity index (χ3v) is 4.51. The summed E-state index contributed by atoms with van der Waals surface area (Å²) in [6.45, 7) is 0. The summed E-state index contributed by atoms with van der Waals surface area (Å²) in [6.07, 6.45) is 3.13. The van der Waals surface area contributed by atoms with Gasteiger partial charge in [-0.2, -0.15) is 0 Å². The summed E-state index contributed by atoms with van der Waals surface area (Å²) in [4.78, 5) is 24.5. The van der Waals surface area contributed by atoms with E-state index in [1.807, 2.05) is 36.4 Å². The number of nitrogens with zero attached hydrogens (tertiary/aromatic N) is 2. The molecule has 0 aliphatic carbocycles. The number of H-pyrrole nitrogens is 1. The molecule has 134 valence electrons. The molecule has 0 bridgehead atoms. The summed E-state index contributed by atoms with van der Waals surface area (Å²) in [5.74, 6) is 1.01. The molecule has 4 aromatic rings. The predicted octanol–water partition coefficient (Wildman–Crippen LogP) is 4.65. The number of aromatic nitrogens is 3. The molecule has 27 heavy (non-hydrogen) atoms. The number of ether oxygens (including phenoxy) is 1. The van der Waals surface area contributed by atoms with Crippen LogP contribution in [0.5, 0.6) is 5.75 Å². The van der Waals surface area contributed by atoms with E-state index in [0.717, 1.165) is 26.9 Å². The van der Waals surface area contributed by atoms with Crippen LogP contribution in [0.4, 0.5) is 5.69 Å². The molecule has 7 heteroatoms. The molecule has 0 fully saturated rings. The van der Waals surface area contributed by atoms with Crippen molar-refractivity contribution in [1.82, 2.24) is 15.0 Å². The Hall–Kier alpha value is -3.19. The zero-order valence-electron chi connectivity index (χ0n) is 14.4. The van der Waals surface area contributed by atoms with Gasteiger partial charge in [-0.05, 0) is 52.3 Å². The fourth-order valence-corrected chi connectivity index (χ4v) is 3.14. The van der Waals surface area contributed by atoms with E-state index in [0.29, 0.717) is 17.0 Å². The van der Waals surface area contributed by atoms with E-state index in [9.17, 15) is 4.79 Å². The number of halogens is 1. The highest BCUT2D eigenvalue weighted by Gasteiger charge is 2.13. The van der Waals surface area contributed by atoms with Gasteiger partial charge in [0, 0.05) is 22.4 Å². The van der Waals surface area contributed by atoms with E-state index >= 15 is 0 Å². The van der Waals surface area contributed by atoms with Crippen LogP contribution in [-0.2, 0) is 0 Å². The van der Waals surface area contributed by atoms with Crippen molar-refractivity contribution in [3.8, 4) is 17.1 Å². The number of methoxy groups -OCH3 is 1. The van der Waals surface area contributed by atoms with Crippen molar-refractivity contribution in [2.75, 3.05) is 12.4 Å². The quantitative estimate of drug-likeness (QED) is 0.501. The first kappa shape index (κ1) is 17.2. The van der Waals surface area contributed by atoms with Gasteiger partial charge >= 0.3 is 0 Å². The van der Waals surface area contributed by atoms with Crippen LogP contribution >= 0.6 is 15.9 Å². The minimum atomic E-state index is -0.274. The average Bonchev–Trinajstić information content (AvgIpc) is 3.12. The fourth-order valence-electron chi connectivity index (χ4n) is 2.77. The molecular formula is C20H15BrN4O2. The Morgan fingerprint density at radius 2 is 2.00 bits per heavy atom. The zero-order valence-corrected chi connectivity index (χ0v) is 15.9. The predicted molar refractivity (Wildman–Crippen MR) is 108 cm³/mol. The molecule has 0 radical (unpaired) electrons. The number of anilines is 1. The Labute approximate surface area is 163 Å². The number of rotatable bonds is 4. The molecule has 0 unspecified atom stereocenters. The minimum Gasteiger partial charge on any atom is -0.495 e. The first-order valence-corrected chi connectivity index (χ1v) is 8.98. The van der Waals surface area contributed by atoms with E-state index in [2.05, 4.69) is 36.2 Å². The van der Waals surface area contributed by atoms with Crippen molar-refractivity contribution in [3.05, 3.63) is 71.0 Å². The zero-order chi connectivity index (χ0) is 18.8. The van der Waals surface area contributed by atoms with Crippen LogP contribution in [0, 0.1) is 0 Å². The summed E-state index contributed by atoms with van der Waals surface area (Å²) < 4.78 is 6.12. The smallest absolute Gasteiger partial charge is 0.257 e. The molecule has 2 N–H and O–H groups in total. The third-order valence-electron chi connectivity index (χ3n) is 4.08. The molecule has 0 saturated carbocycles. The molecule has 0 aliphatic rings. The molecule has 1 amide bonds. The number of aromatic amines is 1. The third kappa shape index (κ3) is 3.54. The molecule has 0 atom stereocenters. The number of imidazole rings is 1. The number of para-hydroxylation sites is 2. The Bertz CT molecular complexity index is 1110. The standard InChI is InChI=1S/C20H15BrN4O2/c1-27-18-7-6-12(19-23-15-4-2-3-5-16(15)24-19)9-17(18)25-20(26)13-8-14(21)11-22-10-13/h2-11H,1H3,(H,23,24)(H,25,26). The van der Waals surface area contributed by atoms with E-state index in [1.165, 1.54) is 6.20 Å². The molecule has 0 spiro atoms. The summed E-state index contributed by atoms with van der Waals surface area (Å²) in [5.41, 5.74) is 3.68. The lowest BCUT2D eigenvalue weighted by Gasteiger charge is -2.11. The van der Waals surface area contributed by atoms with Crippen LogP contribution in [0.15, 0.2) is 65.4 Å². The Morgan fingerprint density at radius 3 is 2.78 bits per heavy atom. The lowest BCUT2D eigenvalue weighted by molar-refractivity contribution is 0.102. The highest BCUT2D eigenvalue weighted by molar-refractivity contribution is 9.10. The molecule has 0 saturated heterocycles. The van der Waals surface area contributed by atoms with Gasteiger partial charge in [0.2, 0.25) is 0 Å². The summed E-state index contributed by atoms with van der Waals surface area (Å²) in [7, 11) is 1.56. The maximum Gasteiger partial charge on any atom is 0.257 e. The van der Waals surface area contributed by atoms with E-state index < -0.39 is 0 Å². The summed E-state index contributed by atoms with van der Waals surface area (Å²) >= 11 is 3.32. The monoisotopic (exact) mass is 422 g/mol. The van der Waals surface area contributed by atoms with Crippen molar-refractivity contribution < 1.29 is 9.53 Å². The van der Waals surface area contributed by atoms with Crippen molar-refractivity contribution in [1.29, 1.82) is 0 Å². The Balaban J connectivity index is 1.69. The molecule has 2 aromatic heterocycles. The SMILES string of the molecule is COc1ccc(-c2nc3ccccc3[nH]2)cc1NC(=O)c1cncc(Br)c1. The topological polar surface area (TPSA) is 79.9 Å². The second-order valence-corrected chi connectivity index (χ2v) is 6.78. The number of fused-ring (bicyclic) bond motifs is 1. The van der Waals surface area contributed by atoms with E-state index in [4.69, 9.17) is 4.74 Å². The highest BCUT2D eigenvalue weighted by atomic mass is 79.9. The van der Waals surface area contributed by atoms with Crippen LogP contribution in [0.3, 0.4) is 0 Å². The van der Waals surface area contributed by atoms with Crippen LogP contribution < -0.4 is 10.1 Å². The van der Waals surface area contributed by atoms with E-state index in [1.54, 1.807) is 25.4 Å². The molecule has 0 aliphatic heterocycles. The minimum absolute atomic E-state index is 0.274. The number of carbonyl (C=O) groups excluding carboxylic acids is 1.